The number of carbonyl (C=O) groups excluding carboxylic acids is 1. The van der Waals surface area contributed by atoms with Crippen LogP contribution in [0.15, 0.2) is 45.8 Å². The molecule has 2 rings (SSSR count). The molecule has 104 valence electrons. The van der Waals surface area contributed by atoms with Crippen molar-refractivity contribution in [3.05, 3.63) is 62.2 Å². The van der Waals surface area contributed by atoms with Gasteiger partial charge in [-0.25, -0.2) is 4.39 Å². The highest BCUT2D eigenvalue weighted by Crippen LogP contribution is 2.19. The summed E-state index contributed by atoms with van der Waals surface area (Å²) in [5.74, 6) is -0.972. The van der Waals surface area contributed by atoms with Gasteiger partial charge in [-0.3, -0.25) is 9.59 Å². The van der Waals surface area contributed by atoms with Crippen LogP contribution >= 0.6 is 27.5 Å². The van der Waals surface area contributed by atoms with Crippen LogP contribution in [0.3, 0.4) is 0 Å². The second-order valence-electron chi connectivity index (χ2n) is 3.99. The van der Waals surface area contributed by atoms with Gasteiger partial charge in [-0.1, -0.05) is 11.6 Å². The van der Waals surface area contributed by atoms with Gasteiger partial charge in [-0.05, 0) is 40.2 Å². The van der Waals surface area contributed by atoms with E-state index in [0.29, 0.717) is 10.2 Å². The number of nitrogens with zero attached hydrogens (tertiary/aromatic N) is 1. The molecule has 0 unspecified atom stereocenters. The zero-order valence-corrected chi connectivity index (χ0v) is 12.4. The van der Waals surface area contributed by atoms with Gasteiger partial charge in [-0.15, -0.1) is 0 Å². The maximum Gasteiger partial charge on any atom is 0.251 e. The largest absolute Gasteiger partial charge is 0.324 e. The Hall–Kier alpha value is -1.66. The zero-order chi connectivity index (χ0) is 14.7. The van der Waals surface area contributed by atoms with Crippen LogP contribution in [-0.4, -0.2) is 10.5 Å². The van der Waals surface area contributed by atoms with E-state index in [1.165, 1.54) is 29.0 Å². The van der Waals surface area contributed by atoms with Gasteiger partial charge in [0, 0.05) is 22.4 Å². The second kappa shape index (κ2) is 6.19. The second-order valence-corrected chi connectivity index (χ2v) is 5.31. The third kappa shape index (κ3) is 3.68. The summed E-state index contributed by atoms with van der Waals surface area (Å²) < 4.78 is 14.9. The summed E-state index contributed by atoms with van der Waals surface area (Å²) in [7, 11) is 0. The van der Waals surface area contributed by atoms with Crippen molar-refractivity contribution in [3.63, 3.8) is 0 Å². The zero-order valence-electron chi connectivity index (χ0n) is 10.1. The van der Waals surface area contributed by atoms with Crippen LogP contribution in [0.1, 0.15) is 0 Å². The number of anilines is 1. The fourth-order valence-corrected chi connectivity index (χ4v) is 2.11. The molecule has 4 nitrogen and oxygen atoms in total. The SMILES string of the molecule is O=C(Cn1cc(Br)ccc1=O)Nc1ccc(F)c(Cl)c1. The number of nitrogens with one attached hydrogen (secondary N) is 1. The molecule has 0 aliphatic carbocycles. The van der Waals surface area contributed by atoms with E-state index in [1.54, 1.807) is 6.07 Å². The Morgan fingerprint density at radius 3 is 2.80 bits per heavy atom. The average molecular weight is 360 g/mol. The number of rotatable bonds is 3. The highest BCUT2D eigenvalue weighted by molar-refractivity contribution is 9.10. The topological polar surface area (TPSA) is 51.1 Å². The van der Waals surface area contributed by atoms with Crippen LogP contribution in [0.25, 0.3) is 0 Å². The molecule has 1 N–H and O–H groups in total. The molecule has 0 saturated heterocycles. The molecule has 20 heavy (non-hydrogen) atoms. The van der Waals surface area contributed by atoms with Crippen molar-refractivity contribution in [2.75, 3.05) is 5.32 Å². The highest BCUT2D eigenvalue weighted by Gasteiger charge is 2.07. The Morgan fingerprint density at radius 2 is 2.10 bits per heavy atom. The van der Waals surface area contributed by atoms with Crippen molar-refractivity contribution in [2.24, 2.45) is 0 Å². The molecule has 0 atom stereocenters. The van der Waals surface area contributed by atoms with Crippen molar-refractivity contribution in [1.82, 2.24) is 4.57 Å². The van der Waals surface area contributed by atoms with Crippen molar-refractivity contribution in [3.8, 4) is 0 Å². The van der Waals surface area contributed by atoms with Crippen molar-refractivity contribution in [2.45, 2.75) is 6.54 Å². The van der Waals surface area contributed by atoms with E-state index >= 15 is 0 Å². The van der Waals surface area contributed by atoms with E-state index in [2.05, 4.69) is 21.2 Å². The van der Waals surface area contributed by atoms with E-state index in [4.69, 9.17) is 11.6 Å². The van der Waals surface area contributed by atoms with Crippen LogP contribution in [0.5, 0.6) is 0 Å². The van der Waals surface area contributed by atoms with E-state index < -0.39 is 11.7 Å². The van der Waals surface area contributed by atoms with Gasteiger partial charge in [0.2, 0.25) is 5.91 Å². The molecule has 0 aliphatic rings. The fourth-order valence-electron chi connectivity index (χ4n) is 1.55. The summed E-state index contributed by atoms with van der Waals surface area (Å²) in [6.45, 7) is -0.146. The maximum absolute atomic E-state index is 13.0. The summed E-state index contributed by atoms with van der Waals surface area (Å²) in [5, 5.41) is 2.46. The van der Waals surface area contributed by atoms with Gasteiger partial charge in [0.1, 0.15) is 12.4 Å². The number of halogens is 3. The first-order valence-corrected chi connectivity index (χ1v) is 6.74. The summed E-state index contributed by atoms with van der Waals surface area (Å²) in [5.41, 5.74) is 0.0740. The normalized spacial score (nSPS) is 10.3. The number of aromatic nitrogens is 1. The van der Waals surface area contributed by atoms with Gasteiger partial charge in [0.15, 0.2) is 0 Å². The Balaban J connectivity index is 2.11. The molecular formula is C13H9BrClFN2O2. The minimum atomic E-state index is -0.562. The van der Waals surface area contributed by atoms with Gasteiger partial charge < -0.3 is 9.88 Å². The molecule has 0 radical (unpaired) electrons. The number of hydrogen-bond acceptors (Lipinski definition) is 2. The molecule has 0 spiro atoms. The molecule has 0 fully saturated rings. The Bertz CT molecular complexity index is 718. The van der Waals surface area contributed by atoms with Gasteiger partial charge in [0.05, 0.1) is 5.02 Å². The highest BCUT2D eigenvalue weighted by atomic mass is 79.9. The minimum Gasteiger partial charge on any atom is -0.324 e. The molecule has 1 amide bonds. The number of hydrogen-bond donors (Lipinski definition) is 1. The smallest absolute Gasteiger partial charge is 0.251 e. The lowest BCUT2D eigenvalue weighted by molar-refractivity contribution is -0.116. The van der Waals surface area contributed by atoms with Crippen molar-refractivity contribution < 1.29 is 9.18 Å². The molecule has 1 heterocycles. The van der Waals surface area contributed by atoms with E-state index in [9.17, 15) is 14.0 Å². The maximum atomic E-state index is 13.0. The summed E-state index contributed by atoms with van der Waals surface area (Å²) in [6, 6.07) is 6.80. The Kier molecular flexibility index (Phi) is 4.57. The van der Waals surface area contributed by atoms with E-state index in [1.807, 2.05) is 0 Å². The third-order valence-corrected chi connectivity index (χ3v) is 3.22. The van der Waals surface area contributed by atoms with Gasteiger partial charge in [0.25, 0.3) is 5.56 Å². The average Bonchev–Trinajstić information content (AvgIpc) is 2.38. The van der Waals surface area contributed by atoms with Crippen LogP contribution < -0.4 is 10.9 Å². The first-order valence-electron chi connectivity index (χ1n) is 5.56. The third-order valence-electron chi connectivity index (χ3n) is 2.46. The predicted molar refractivity (Wildman–Crippen MR) is 78.4 cm³/mol. The Morgan fingerprint density at radius 1 is 1.35 bits per heavy atom. The number of amides is 1. The molecule has 1 aromatic heterocycles. The first-order chi connectivity index (χ1) is 9.45. The van der Waals surface area contributed by atoms with Gasteiger partial charge >= 0.3 is 0 Å². The van der Waals surface area contributed by atoms with Crippen LogP contribution in [0, 0.1) is 5.82 Å². The lowest BCUT2D eigenvalue weighted by atomic mass is 10.3. The lowest BCUT2D eigenvalue weighted by Crippen LogP contribution is -2.26. The quantitative estimate of drug-likeness (QED) is 0.916. The molecule has 0 bridgehead atoms. The van der Waals surface area contributed by atoms with Crippen LogP contribution in [-0.2, 0) is 11.3 Å². The van der Waals surface area contributed by atoms with Crippen LogP contribution in [0.4, 0.5) is 10.1 Å². The van der Waals surface area contributed by atoms with E-state index in [-0.39, 0.29) is 17.1 Å². The molecule has 1 aromatic carbocycles. The number of carbonyl (C=O) groups is 1. The van der Waals surface area contributed by atoms with E-state index in [0.717, 1.165) is 6.07 Å². The van der Waals surface area contributed by atoms with Crippen LogP contribution in [0.2, 0.25) is 5.02 Å². The summed E-state index contributed by atoms with van der Waals surface area (Å²) in [4.78, 5) is 23.4. The first kappa shape index (κ1) is 14.7. The van der Waals surface area contributed by atoms with Gasteiger partial charge in [-0.2, -0.15) is 0 Å². The lowest BCUT2D eigenvalue weighted by Gasteiger charge is -2.08. The molecule has 0 saturated carbocycles. The summed E-state index contributed by atoms with van der Waals surface area (Å²) in [6.07, 6.45) is 1.51. The summed E-state index contributed by atoms with van der Waals surface area (Å²) >= 11 is 8.84. The molecular weight excluding hydrogens is 351 g/mol. The molecule has 0 aliphatic heterocycles. The van der Waals surface area contributed by atoms with Crippen molar-refractivity contribution >= 4 is 39.1 Å². The standard InChI is InChI=1S/C13H9BrClFN2O2/c14-8-1-4-13(20)18(6-8)7-12(19)17-9-2-3-11(16)10(15)5-9/h1-6H,7H2,(H,17,19). The monoisotopic (exact) mass is 358 g/mol. The number of benzene rings is 1. The number of pyridine rings is 1. The molecule has 7 heteroatoms. The Labute approximate surface area is 127 Å². The predicted octanol–water partition coefficient (Wildman–Crippen LogP) is 3.04. The van der Waals surface area contributed by atoms with Crippen molar-refractivity contribution in [1.29, 1.82) is 0 Å². The minimum absolute atomic E-state index is 0.0811. The fraction of sp³-hybridized carbons (Fsp3) is 0.0769. The molecule has 2 aromatic rings.